The normalized spacial score (nSPS) is 12.6. The average molecular weight is 245 g/mol. The van der Waals surface area contributed by atoms with Crippen molar-refractivity contribution in [3.05, 3.63) is 0 Å². The van der Waals surface area contributed by atoms with Crippen LogP contribution in [0.4, 0.5) is 0 Å². The standard InChI is InChI=1S/C13H27NOS/c1-3-5-8-12(4-2)11-15-10-7-6-9-13(14)16/h12H,3-11H2,1-2H3,(H2,14,16). The van der Waals surface area contributed by atoms with Gasteiger partial charge in [0.1, 0.15) is 0 Å². The topological polar surface area (TPSA) is 35.2 Å². The lowest BCUT2D eigenvalue weighted by Crippen LogP contribution is -2.11. The molecule has 0 fully saturated rings. The van der Waals surface area contributed by atoms with Crippen LogP contribution in [0.25, 0.3) is 0 Å². The van der Waals surface area contributed by atoms with Crippen molar-refractivity contribution in [2.24, 2.45) is 11.7 Å². The zero-order valence-electron chi connectivity index (χ0n) is 10.8. The Kier molecular flexibility index (Phi) is 11.2. The number of thiocarbonyl (C=S) groups is 1. The molecule has 0 aliphatic carbocycles. The van der Waals surface area contributed by atoms with Gasteiger partial charge >= 0.3 is 0 Å². The Bertz CT molecular complexity index is 173. The summed E-state index contributed by atoms with van der Waals surface area (Å²) in [6, 6.07) is 0. The van der Waals surface area contributed by atoms with Gasteiger partial charge in [0.2, 0.25) is 0 Å². The van der Waals surface area contributed by atoms with Crippen molar-refractivity contribution in [2.75, 3.05) is 13.2 Å². The van der Waals surface area contributed by atoms with Gasteiger partial charge in [-0.25, -0.2) is 0 Å². The Morgan fingerprint density at radius 2 is 2.00 bits per heavy atom. The Morgan fingerprint density at radius 1 is 1.25 bits per heavy atom. The largest absolute Gasteiger partial charge is 0.393 e. The molecule has 0 aromatic rings. The van der Waals surface area contributed by atoms with E-state index in [0.717, 1.165) is 38.4 Å². The predicted molar refractivity (Wildman–Crippen MR) is 74.8 cm³/mol. The van der Waals surface area contributed by atoms with Crippen LogP contribution in [0.2, 0.25) is 0 Å². The van der Waals surface area contributed by atoms with Gasteiger partial charge in [-0.2, -0.15) is 0 Å². The highest BCUT2D eigenvalue weighted by Gasteiger charge is 2.05. The van der Waals surface area contributed by atoms with Crippen molar-refractivity contribution in [2.45, 2.75) is 58.8 Å². The Balaban J connectivity index is 3.30. The zero-order valence-corrected chi connectivity index (χ0v) is 11.7. The van der Waals surface area contributed by atoms with E-state index in [9.17, 15) is 0 Å². The lowest BCUT2D eigenvalue weighted by Gasteiger charge is -2.14. The van der Waals surface area contributed by atoms with Gasteiger partial charge in [0.25, 0.3) is 0 Å². The first-order valence-corrected chi connectivity index (χ1v) is 6.97. The summed E-state index contributed by atoms with van der Waals surface area (Å²) in [6.07, 6.45) is 8.12. The molecule has 3 heteroatoms. The summed E-state index contributed by atoms with van der Waals surface area (Å²) < 4.78 is 5.68. The van der Waals surface area contributed by atoms with Gasteiger partial charge in [-0.05, 0) is 31.6 Å². The number of unbranched alkanes of at least 4 members (excludes halogenated alkanes) is 2. The molecule has 0 aliphatic rings. The number of rotatable bonds is 11. The van der Waals surface area contributed by atoms with Crippen LogP contribution in [-0.2, 0) is 4.74 Å². The molecule has 0 heterocycles. The van der Waals surface area contributed by atoms with Gasteiger partial charge < -0.3 is 10.5 Å². The Morgan fingerprint density at radius 3 is 2.56 bits per heavy atom. The molecule has 0 aromatic heterocycles. The van der Waals surface area contributed by atoms with Crippen molar-refractivity contribution in [3.8, 4) is 0 Å². The van der Waals surface area contributed by atoms with Gasteiger partial charge in [0.15, 0.2) is 0 Å². The molecular formula is C13H27NOS. The first-order valence-electron chi connectivity index (χ1n) is 6.56. The fourth-order valence-electron chi connectivity index (χ4n) is 1.65. The lowest BCUT2D eigenvalue weighted by molar-refractivity contribution is 0.0914. The maximum absolute atomic E-state index is 5.68. The van der Waals surface area contributed by atoms with E-state index >= 15 is 0 Å². The van der Waals surface area contributed by atoms with E-state index in [-0.39, 0.29) is 0 Å². The molecule has 0 saturated carbocycles. The van der Waals surface area contributed by atoms with Crippen molar-refractivity contribution >= 4 is 17.2 Å². The lowest BCUT2D eigenvalue weighted by atomic mass is 10.0. The third-order valence-corrected chi connectivity index (χ3v) is 3.06. The number of nitrogens with two attached hydrogens (primary N) is 1. The van der Waals surface area contributed by atoms with Crippen molar-refractivity contribution in [1.29, 1.82) is 0 Å². The molecule has 1 unspecified atom stereocenters. The maximum atomic E-state index is 5.68. The second kappa shape index (κ2) is 11.3. The third kappa shape index (κ3) is 10.4. The summed E-state index contributed by atoms with van der Waals surface area (Å²) in [7, 11) is 0. The minimum Gasteiger partial charge on any atom is -0.393 e. The van der Waals surface area contributed by atoms with E-state index in [1.165, 1.54) is 25.7 Å². The SMILES string of the molecule is CCCCC(CC)COCCCCC(N)=S. The molecule has 16 heavy (non-hydrogen) atoms. The highest BCUT2D eigenvalue weighted by atomic mass is 32.1. The molecule has 2 N–H and O–H groups in total. The van der Waals surface area contributed by atoms with Crippen LogP contribution < -0.4 is 5.73 Å². The molecule has 0 radical (unpaired) electrons. The van der Waals surface area contributed by atoms with E-state index < -0.39 is 0 Å². The summed E-state index contributed by atoms with van der Waals surface area (Å²) in [6.45, 7) is 6.26. The number of hydrogen-bond donors (Lipinski definition) is 1. The summed E-state index contributed by atoms with van der Waals surface area (Å²) in [5.41, 5.74) is 5.42. The van der Waals surface area contributed by atoms with Crippen LogP contribution in [0.5, 0.6) is 0 Å². The summed E-state index contributed by atoms with van der Waals surface area (Å²) in [4.78, 5) is 0.620. The van der Waals surface area contributed by atoms with Gasteiger partial charge in [0, 0.05) is 13.2 Å². The predicted octanol–water partition coefficient (Wildman–Crippen LogP) is 3.68. The molecule has 0 bridgehead atoms. The summed E-state index contributed by atoms with van der Waals surface area (Å²) in [5.74, 6) is 0.746. The van der Waals surface area contributed by atoms with Crippen LogP contribution in [0.15, 0.2) is 0 Å². The molecule has 0 spiro atoms. The van der Waals surface area contributed by atoms with Gasteiger partial charge in [-0.1, -0.05) is 45.3 Å². The molecular weight excluding hydrogens is 218 g/mol. The third-order valence-electron chi connectivity index (χ3n) is 2.86. The Labute approximate surface area is 106 Å². The summed E-state index contributed by atoms with van der Waals surface area (Å²) in [5, 5.41) is 0. The van der Waals surface area contributed by atoms with E-state index in [1.807, 2.05) is 0 Å². The molecule has 0 rings (SSSR count). The fraction of sp³-hybridized carbons (Fsp3) is 0.923. The monoisotopic (exact) mass is 245 g/mol. The quantitative estimate of drug-likeness (QED) is 0.445. The first-order chi connectivity index (χ1) is 7.70. The Hall–Kier alpha value is -0.150. The van der Waals surface area contributed by atoms with Gasteiger partial charge in [-0.3, -0.25) is 0 Å². The minimum absolute atomic E-state index is 0.620. The minimum atomic E-state index is 0.620. The van der Waals surface area contributed by atoms with Crippen LogP contribution in [0, 0.1) is 5.92 Å². The van der Waals surface area contributed by atoms with Crippen LogP contribution >= 0.6 is 12.2 Å². The molecule has 0 aliphatic heterocycles. The van der Waals surface area contributed by atoms with Gasteiger partial charge in [0.05, 0.1) is 4.99 Å². The fourth-order valence-corrected chi connectivity index (χ4v) is 1.80. The summed E-state index contributed by atoms with van der Waals surface area (Å²) >= 11 is 4.82. The van der Waals surface area contributed by atoms with Gasteiger partial charge in [-0.15, -0.1) is 0 Å². The molecule has 2 nitrogen and oxygen atoms in total. The van der Waals surface area contributed by atoms with Crippen molar-refractivity contribution in [3.63, 3.8) is 0 Å². The first kappa shape index (κ1) is 15.9. The molecule has 0 aromatic carbocycles. The molecule has 0 amide bonds. The molecule has 1 atom stereocenters. The smallest absolute Gasteiger partial charge is 0.0727 e. The van der Waals surface area contributed by atoms with E-state index in [4.69, 9.17) is 22.7 Å². The maximum Gasteiger partial charge on any atom is 0.0727 e. The molecule has 96 valence electrons. The number of ether oxygens (including phenoxy) is 1. The average Bonchev–Trinajstić information content (AvgIpc) is 2.26. The van der Waals surface area contributed by atoms with E-state index in [2.05, 4.69) is 13.8 Å². The second-order valence-corrected chi connectivity index (χ2v) is 4.94. The molecule has 0 saturated heterocycles. The van der Waals surface area contributed by atoms with Crippen LogP contribution in [0.1, 0.15) is 58.8 Å². The highest BCUT2D eigenvalue weighted by molar-refractivity contribution is 7.80. The second-order valence-electron chi connectivity index (χ2n) is 4.41. The van der Waals surface area contributed by atoms with E-state index in [0.29, 0.717) is 4.99 Å². The van der Waals surface area contributed by atoms with E-state index in [1.54, 1.807) is 0 Å². The van der Waals surface area contributed by atoms with Crippen LogP contribution in [0.3, 0.4) is 0 Å². The van der Waals surface area contributed by atoms with Crippen LogP contribution in [-0.4, -0.2) is 18.2 Å². The van der Waals surface area contributed by atoms with Crippen molar-refractivity contribution < 1.29 is 4.74 Å². The highest BCUT2D eigenvalue weighted by Crippen LogP contribution is 2.13. The number of hydrogen-bond acceptors (Lipinski definition) is 2. The zero-order chi connectivity index (χ0) is 12.2. The van der Waals surface area contributed by atoms with Crippen molar-refractivity contribution in [1.82, 2.24) is 0 Å².